The Hall–Kier alpha value is -4.73. The Morgan fingerprint density at radius 3 is 2.81 bits per heavy atom. The molecular formula is C27H23FN6O3. The first kappa shape index (κ1) is 22.7. The second-order valence-electron chi connectivity index (χ2n) is 8.91. The summed E-state index contributed by atoms with van der Waals surface area (Å²) < 4.78 is 19.6. The van der Waals surface area contributed by atoms with Crippen LogP contribution in [0.15, 0.2) is 65.5 Å². The van der Waals surface area contributed by atoms with Crippen LogP contribution >= 0.6 is 0 Å². The largest absolute Gasteiger partial charge is 0.467 e. The predicted molar refractivity (Wildman–Crippen MR) is 135 cm³/mol. The summed E-state index contributed by atoms with van der Waals surface area (Å²) in [7, 11) is 1.54. The standard InChI is InChI=1S/C27H23FN6O3/c1-29-26(35)24-12-19-18-10-15(28)2-4-20(18)33-23(19)14-34(24)27(36)17-6-9-37-25(17)13-32-16-3-5-21-22(11-16)31-8-7-30-21/h2-11,24,32-33H,12-14H2,1H3,(H,29,35)/t24-/m1/s1. The number of carbonyl (C=O) groups excluding carboxylic acids is 2. The summed E-state index contributed by atoms with van der Waals surface area (Å²) in [5.41, 5.74) is 5.11. The van der Waals surface area contributed by atoms with Crippen LogP contribution in [0.3, 0.4) is 0 Å². The molecule has 0 fully saturated rings. The molecule has 0 bridgehead atoms. The van der Waals surface area contributed by atoms with Gasteiger partial charge in [-0.15, -0.1) is 0 Å². The number of hydrogen-bond donors (Lipinski definition) is 3. The second kappa shape index (κ2) is 9.05. The van der Waals surface area contributed by atoms with Gasteiger partial charge in [-0.05, 0) is 48.0 Å². The number of benzene rings is 2. The number of amides is 2. The summed E-state index contributed by atoms with van der Waals surface area (Å²) in [5.74, 6) is -0.507. The number of aromatic nitrogens is 3. The Labute approximate surface area is 210 Å². The number of halogens is 1. The normalized spacial score (nSPS) is 15.1. The van der Waals surface area contributed by atoms with Gasteiger partial charge in [0, 0.05) is 48.1 Å². The van der Waals surface area contributed by atoms with Gasteiger partial charge in [0.25, 0.3) is 5.91 Å². The molecule has 5 aromatic rings. The summed E-state index contributed by atoms with van der Waals surface area (Å²) in [6, 6.07) is 11.0. The number of furan rings is 1. The molecule has 3 aromatic heterocycles. The van der Waals surface area contributed by atoms with Crippen LogP contribution in [0.1, 0.15) is 27.4 Å². The smallest absolute Gasteiger partial charge is 0.258 e. The van der Waals surface area contributed by atoms with Crippen LogP contribution in [0.2, 0.25) is 0 Å². The highest BCUT2D eigenvalue weighted by Gasteiger charge is 2.37. The number of H-pyrrole nitrogens is 1. The van der Waals surface area contributed by atoms with Gasteiger partial charge < -0.3 is 24.9 Å². The maximum Gasteiger partial charge on any atom is 0.258 e. The Bertz CT molecular complexity index is 1660. The molecule has 3 N–H and O–H groups in total. The molecular weight excluding hydrogens is 475 g/mol. The third kappa shape index (κ3) is 4.06. The molecule has 0 spiro atoms. The Kier molecular flexibility index (Phi) is 5.56. The molecule has 1 aliphatic rings. The monoisotopic (exact) mass is 498 g/mol. The molecule has 0 unspecified atom stereocenters. The predicted octanol–water partition coefficient (Wildman–Crippen LogP) is 3.77. The summed E-state index contributed by atoms with van der Waals surface area (Å²) in [4.78, 5) is 40.0. The summed E-state index contributed by atoms with van der Waals surface area (Å²) in [6.45, 7) is 0.444. The summed E-state index contributed by atoms with van der Waals surface area (Å²) in [6.07, 6.45) is 5.01. The quantitative estimate of drug-likeness (QED) is 0.340. The van der Waals surface area contributed by atoms with E-state index in [1.54, 1.807) is 24.5 Å². The molecule has 1 aliphatic heterocycles. The van der Waals surface area contributed by atoms with E-state index >= 15 is 0 Å². The molecule has 37 heavy (non-hydrogen) atoms. The zero-order chi connectivity index (χ0) is 25.5. The van der Waals surface area contributed by atoms with Crippen molar-refractivity contribution in [1.82, 2.24) is 25.2 Å². The molecule has 0 saturated carbocycles. The van der Waals surface area contributed by atoms with Crippen LogP contribution < -0.4 is 10.6 Å². The van der Waals surface area contributed by atoms with Crippen molar-refractivity contribution in [3.8, 4) is 0 Å². The lowest BCUT2D eigenvalue weighted by Crippen LogP contribution is -2.52. The number of carbonyl (C=O) groups is 2. The van der Waals surface area contributed by atoms with Gasteiger partial charge >= 0.3 is 0 Å². The number of hydrogen-bond acceptors (Lipinski definition) is 6. The fraction of sp³-hybridized carbons (Fsp3) is 0.185. The zero-order valence-corrected chi connectivity index (χ0v) is 19.9. The maximum atomic E-state index is 13.9. The van der Waals surface area contributed by atoms with E-state index in [0.29, 0.717) is 11.3 Å². The van der Waals surface area contributed by atoms with Crippen molar-refractivity contribution in [2.45, 2.75) is 25.6 Å². The van der Waals surface area contributed by atoms with Gasteiger partial charge in [-0.2, -0.15) is 0 Å². The van der Waals surface area contributed by atoms with Crippen LogP contribution in [0, 0.1) is 5.82 Å². The van der Waals surface area contributed by atoms with Gasteiger partial charge in [0.1, 0.15) is 17.6 Å². The van der Waals surface area contributed by atoms with Gasteiger partial charge in [0.05, 0.1) is 35.9 Å². The number of rotatable bonds is 5. The van der Waals surface area contributed by atoms with Crippen molar-refractivity contribution in [2.24, 2.45) is 0 Å². The number of anilines is 1. The molecule has 6 rings (SSSR count). The topological polar surface area (TPSA) is 116 Å². The lowest BCUT2D eigenvalue weighted by Gasteiger charge is -2.34. The first-order chi connectivity index (χ1) is 18.0. The van der Waals surface area contributed by atoms with Crippen LogP contribution in [0.5, 0.6) is 0 Å². The third-order valence-corrected chi connectivity index (χ3v) is 6.77. The van der Waals surface area contributed by atoms with E-state index in [4.69, 9.17) is 4.42 Å². The average molecular weight is 499 g/mol. The maximum absolute atomic E-state index is 13.9. The number of fused-ring (bicyclic) bond motifs is 4. The van der Waals surface area contributed by atoms with E-state index in [1.807, 2.05) is 18.2 Å². The highest BCUT2D eigenvalue weighted by atomic mass is 19.1. The number of nitrogens with one attached hydrogen (secondary N) is 3. The number of nitrogens with zero attached hydrogens (tertiary/aromatic N) is 3. The van der Waals surface area contributed by atoms with Crippen LogP contribution in [-0.2, 0) is 24.3 Å². The van der Waals surface area contributed by atoms with Gasteiger partial charge in [-0.3, -0.25) is 19.6 Å². The zero-order valence-electron chi connectivity index (χ0n) is 19.9. The number of likely N-dealkylation sites (N-methyl/N-ethyl adjacent to an activating group) is 1. The highest BCUT2D eigenvalue weighted by Crippen LogP contribution is 2.32. The minimum Gasteiger partial charge on any atom is -0.467 e. The molecule has 10 heteroatoms. The minimum atomic E-state index is -0.748. The first-order valence-electron chi connectivity index (χ1n) is 11.8. The molecule has 2 amide bonds. The lowest BCUT2D eigenvalue weighted by molar-refractivity contribution is -0.125. The van der Waals surface area contributed by atoms with Crippen molar-refractivity contribution in [3.05, 3.63) is 89.5 Å². The molecule has 0 radical (unpaired) electrons. The molecule has 0 aliphatic carbocycles. The van der Waals surface area contributed by atoms with E-state index in [0.717, 1.165) is 38.9 Å². The van der Waals surface area contributed by atoms with Crippen molar-refractivity contribution >= 4 is 39.4 Å². The van der Waals surface area contributed by atoms with Gasteiger partial charge in [-0.25, -0.2) is 4.39 Å². The molecule has 0 saturated heterocycles. The van der Waals surface area contributed by atoms with E-state index in [1.165, 1.54) is 30.3 Å². The molecule has 1 atom stereocenters. The van der Waals surface area contributed by atoms with E-state index < -0.39 is 6.04 Å². The van der Waals surface area contributed by atoms with Crippen molar-refractivity contribution in [1.29, 1.82) is 0 Å². The molecule has 9 nitrogen and oxygen atoms in total. The van der Waals surface area contributed by atoms with Crippen LogP contribution in [0.4, 0.5) is 10.1 Å². The van der Waals surface area contributed by atoms with Gasteiger partial charge in [-0.1, -0.05) is 0 Å². The second-order valence-corrected chi connectivity index (χ2v) is 8.91. The summed E-state index contributed by atoms with van der Waals surface area (Å²) >= 11 is 0. The van der Waals surface area contributed by atoms with Crippen molar-refractivity contribution in [2.75, 3.05) is 12.4 Å². The van der Waals surface area contributed by atoms with Gasteiger partial charge in [0.2, 0.25) is 5.91 Å². The fourth-order valence-corrected chi connectivity index (χ4v) is 4.92. The Balaban J connectivity index is 1.27. The first-order valence-corrected chi connectivity index (χ1v) is 11.8. The van der Waals surface area contributed by atoms with Gasteiger partial charge in [0.15, 0.2) is 0 Å². The minimum absolute atomic E-state index is 0.184. The van der Waals surface area contributed by atoms with E-state index in [2.05, 4.69) is 25.6 Å². The Morgan fingerprint density at radius 2 is 1.97 bits per heavy atom. The van der Waals surface area contributed by atoms with Crippen LogP contribution in [0.25, 0.3) is 21.9 Å². The van der Waals surface area contributed by atoms with Crippen LogP contribution in [-0.4, -0.2) is 44.8 Å². The fourth-order valence-electron chi connectivity index (χ4n) is 4.92. The van der Waals surface area contributed by atoms with E-state index in [9.17, 15) is 14.0 Å². The molecule has 2 aromatic carbocycles. The lowest BCUT2D eigenvalue weighted by atomic mass is 9.95. The average Bonchev–Trinajstić information content (AvgIpc) is 3.54. The summed E-state index contributed by atoms with van der Waals surface area (Å²) in [5, 5.41) is 6.65. The van der Waals surface area contributed by atoms with Crippen molar-refractivity contribution in [3.63, 3.8) is 0 Å². The SMILES string of the molecule is CNC(=O)[C@H]1Cc2c([nH]c3ccc(F)cc23)CN1C(=O)c1ccoc1CNc1ccc2nccnc2c1. The highest BCUT2D eigenvalue weighted by molar-refractivity contribution is 5.99. The number of aromatic amines is 1. The van der Waals surface area contributed by atoms with E-state index in [-0.39, 0.29) is 37.1 Å². The van der Waals surface area contributed by atoms with Crippen molar-refractivity contribution < 1.29 is 18.4 Å². The third-order valence-electron chi connectivity index (χ3n) is 6.77. The Morgan fingerprint density at radius 1 is 1.14 bits per heavy atom. The molecule has 4 heterocycles. The molecule has 186 valence electrons.